The number of nitrogens with one attached hydrogen (secondary N) is 2. The van der Waals surface area contributed by atoms with Crippen molar-refractivity contribution < 1.29 is 9.59 Å². The fourth-order valence-corrected chi connectivity index (χ4v) is 4.82. The van der Waals surface area contributed by atoms with Crippen molar-refractivity contribution in [3.05, 3.63) is 35.5 Å². The summed E-state index contributed by atoms with van der Waals surface area (Å²) in [5.74, 6) is 1.44. The number of aryl methyl sites for hydroxylation is 1. The van der Waals surface area contributed by atoms with Crippen molar-refractivity contribution in [3.63, 3.8) is 0 Å². The second-order valence-corrected chi connectivity index (χ2v) is 8.27. The number of piperidine rings is 2. The van der Waals surface area contributed by atoms with E-state index in [2.05, 4.69) is 15.2 Å². The molecule has 0 saturated carbocycles. The molecule has 1 aromatic heterocycles. The van der Waals surface area contributed by atoms with Crippen LogP contribution in [0.3, 0.4) is 0 Å². The number of likely N-dealkylation sites (tertiary alicyclic amines) is 1. The molecule has 2 aliphatic rings. The highest BCUT2D eigenvalue weighted by Crippen LogP contribution is 2.31. The molecule has 2 saturated heterocycles. The van der Waals surface area contributed by atoms with Crippen LogP contribution in [0.4, 0.5) is 0 Å². The first kappa shape index (κ1) is 19.0. The lowest BCUT2D eigenvalue weighted by Gasteiger charge is -2.37. The molecule has 3 heterocycles. The van der Waals surface area contributed by atoms with E-state index in [-0.39, 0.29) is 5.91 Å². The summed E-state index contributed by atoms with van der Waals surface area (Å²) >= 11 is 0. The molecular formula is C22H30N4O2. The number of H-pyrrole nitrogens is 1. The van der Waals surface area contributed by atoms with Crippen LogP contribution in [0.25, 0.3) is 10.9 Å². The van der Waals surface area contributed by atoms with Crippen LogP contribution in [0.5, 0.6) is 0 Å². The first-order valence-corrected chi connectivity index (χ1v) is 10.5. The number of primary amides is 1. The van der Waals surface area contributed by atoms with Crippen LogP contribution < -0.4 is 11.1 Å². The maximum Gasteiger partial charge on any atom is 0.265 e. The lowest BCUT2D eigenvalue weighted by atomic mass is 9.79. The SMILES string of the molecule is NC(=O)c1cc2cc(CCC(=O)N3CCC(C4CCNCC4)CC3)ccc2[nH]1. The highest BCUT2D eigenvalue weighted by molar-refractivity contribution is 5.97. The molecule has 2 fully saturated rings. The lowest BCUT2D eigenvalue weighted by Crippen LogP contribution is -2.42. The van der Waals surface area contributed by atoms with Gasteiger partial charge >= 0.3 is 0 Å². The summed E-state index contributed by atoms with van der Waals surface area (Å²) in [5.41, 5.74) is 7.75. The molecule has 0 aliphatic carbocycles. The van der Waals surface area contributed by atoms with E-state index in [9.17, 15) is 9.59 Å². The smallest absolute Gasteiger partial charge is 0.265 e. The van der Waals surface area contributed by atoms with E-state index in [1.165, 1.54) is 12.8 Å². The van der Waals surface area contributed by atoms with Crippen LogP contribution in [-0.4, -0.2) is 47.9 Å². The van der Waals surface area contributed by atoms with Gasteiger partial charge in [-0.2, -0.15) is 0 Å². The molecule has 2 amide bonds. The summed E-state index contributed by atoms with van der Waals surface area (Å²) in [5, 5.41) is 4.40. The summed E-state index contributed by atoms with van der Waals surface area (Å²) in [6.07, 6.45) is 6.15. The van der Waals surface area contributed by atoms with Crippen molar-refractivity contribution in [2.75, 3.05) is 26.2 Å². The zero-order valence-corrected chi connectivity index (χ0v) is 16.4. The average Bonchev–Trinajstić information content (AvgIpc) is 3.16. The lowest BCUT2D eigenvalue weighted by molar-refractivity contribution is -0.132. The Bertz CT molecular complexity index is 845. The Kier molecular flexibility index (Phi) is 5.67. The number of aromatic nitrogens is 1. The Morgan fingerprint density at radius 2 is 1.75 bits per heavy atom. The standard InChI is InChI=1S/C22H30N4O2/c23-22(28)20-14-18-13-15(1-3-19(18)25-20)2-4-21(27)26-11-7-17(8-12-26)16-5-9-24-10-6-16/h1,3,13-14,16-17,24-25H,2,4-12H2,(H2,23,28). The maximum absolute atomic E-state index is 12.7. The van der Waals surface area contributed by atoms with Gasteiger partial charge in [-0.1, -0.05) is 6.07 Å². The highest BCUT2D eigenvalue weighted by atomic mass is 16.2. The van der Waals surface area contributed by atoms with Gasteiger partial charge in [-0.25, -0.2) is 0 Å². The molecule has 150 valence electrons. The van der Waals surface area contributed by atoms with E-state index in [1.54, 1.807) is 6.07 Å². The molecule has 6 heteroatoms. The third kappa shape index (κ3) is 4.22. The topological polar surface area (TPSA) is 91.2 Å². The zero-order chi connectivity index (χ0) is 19.5. The van der Waals surface area contributed by atoms with Crippen molar-refractivity contribution >= 4 is 22.7 Å². The summed E-state index contributed by atoms with van der Waals surface area (Å²) in [6.45, 7) is 4.12. The van der Waals surface area contributed by atoms with E-state index in [4.69, 9.17) is 5.73 Å². The summed E-state index contributed by atoms with van der Waals surface area (Å²) < 4.78 is 0. The monoisotopic (exact) mass is 382 g/mol. The maximum atomic E-state index is 12.7. The van der Waals surface area contributed by atoms with Gasteiger partial charge in [0.25, 0.3) is 5.91 Å². The van der Waals surface area contributed by atoms with Gasteiger partial charge in [0.2, 0.25) is 5.91 Å². The summed E-state index contributed by atoms with van der Waals surface area (Å²) in [4.78, 5) is 29.0. The first-order valence-electron chi connectivity index (χ1n) is 10.5. The molecule has 0 atom stereocenters. The number of aromatic amines is 1. The van der Waals surface area contributed by atoms with Crippen LogP contribution in [-0.2, 0) is 11.2 Å². The fourth-order valence-electron chi connectivity index (χ4n) is 4.82. The second kappa shape index (κ2) is 8.35. The van der Waals surface area contributed by atoms with Crippen molar-refractivity contribution in [2.45, 2.75) is 38.5 Å². The predicted molar refractivity (Wildman–Crippen MR) is 110 cm³/mol. The van der Waals surface area contributed by atoms with Gasteiger partial charge < -0.3 is 20.9 Å². The average molecular weight is 383 g/mol. The molecule has 0 spiro atoms. The highest BCUT2D eigenvalue weighted by Gasteiger charge is 2.29. The van der Waals surface area contributed by atoms with Crippen LogP contribution in [0.2, 0.25) is 0 Å². The first-order chi connectivity index (χ1) is 13.6. The quantitative estimate of drug-likeness (QED) is 0.742. The molecule has 4 N–H and O–H groups in total. The fraction of sp³-hybridized carbons (Fsp3) is 0.545. The van der Waals surface area contributed by atoms with Crippen molar-refractivity contribution in [1.29, 1.82) is 0 Å². The van der Waals surface area contributed by atoms with E-state index in [1.807, 2.05) is 18.2 Å². The number of hydrogen-bond acceptors (Lipinski definition) is 3. The third-order valence-corrected chi connectivity index (χ3v) is 6.52. The van der Waals surface area contributed by atoms with Gasteiger partial charge in [-0.15, -0.1) is 0 Å². The molecule has 0 unspecified atom stereocenters. The van der Waals surface area contributed by atoms with Gasteiger partial charge in [0.15, 0.2) is 0 Å². The van der Waals surface area contributed by atoms with E-state index >= 15 is 0 Å². The Morgan fingerprint density at radius 1 is 1.04 bits per heavy atom. The van der Waals surface area contributed by atoms with Crippen molar-refractivity contribution in [3.8, 4) is 0 Å². The second-order valence-electron chi connectivity index (χ2n) is 8.27. The molecule has 0 bridgehead atoms. The van der Waals surface area contributed by atoms with Gasteiger partial charge in [0.05, 0.1) is 0 Å². The van der Waals surface area contributed by atoms with Crippen LogP contribution in [0.15, 0.2) is 24.3 Å². The minimum Gasteiger partial charge on any atom is -0.364 e. The number of benzene rings is 1. The Balaban J connectivity index is 1.28. The van der Waals surface area contributed by atoms with Crippen molar-refractivity contribution in [2.24, 2.45) is 17.6 Å². The molecule has 0 radical (unpaired) electrons. The number of fused-ring (bicyclic) bond motifs is 1. The Morgan fingerprint density at radius 3 is 2.46 bits per heavy atom. The molecule has 1 aromatic carbocycles. The van der Waals surface area contributed by atoms with Crippen LogP contribution in [0, 0.1) is 11.8 Å². The minimum atomic E-state index is -0.458. The number of nitrogens with two attached hydrogens (primary N) is 1. The molecule has 28 heavy (non-hydrogen) atoms. The Hall–Kier alpha value is -2.34. The van der Waals surface area contributed by atoms with Gasteiger partial charge in [0.1, 0.15) is 5.69 Å². The number of rotatable bonds is 5. The summed E-state index contributed by atoms with van der Waals surface area (Å²) in [6, 6.07) is 7.77. The number of hydrogen-bond donors (Lipinski definition) is 3. The number of nitrogens with zero attached hydrogens (tertiary/aromatic N) is 1. The van der Waals surface area contributed by atoms with Crippen LogP contribution >= 0.6 is 0 Å². The van der Waals surface area contributed by atoms with Crippen LogP contribution in [0.1, 0.15) is 48.2 Å². The molecule has 4 rings (SSSR count). The van der Waals surface area contributed by atoms with Gasteiger partial charge in [0, 0.05) is 30.4 Å². The predicted octanol–water partition coefficient (Wildman–Crippen LogP) is 2.44. The molecular weight excluding hydrogens is 352 g/mol. The normalized spacial score (nSPS) is 19.2. The molecule has 2 aliphatic heterocycles. The summed E-state index contributed by atoms with van der Waals surface area (Å²) in [7, 11) is 0. The molecule has 2 aromatic rings. The number of amides is 2. The zero-order valence-electron chi connectivity index (χ0n) is 16.4. The third-order valence-electron chi connectivity index (χ3n) is 6.52. The van der Waals surface area contributed by atoms with E-state index < -0.39 is 5.91 Å². The number of carbonyl (C=O) groups is 2. The molecule has 6 nitrogen and oxygen atoms in total. The number of carbonyl (C=O) groups excluding carboxylic acids is 2. The largest absolute Gasteiger partial charge is 0.364 e. The van der Waals surface area contributed by atoms with Crippen molar-refractivity contribution in [1.82, 2.24) is 15.2 Å². The minimum absolute atomic E-state index is 0.260. The van der Waals surface area contributed by atoms with E-state index in [0.717, 1.165) is 73.7 Å². The van der Waals surface area contributed by atoms with E-state index in [0.29, 0.717) is 12.1 Å². The van der Waals surface area contributed by atoms with Gasteiger partial charge in [-0.05, 0) is 80.8 Å². The van der Waals surface area contributed by atoms with Gasteiger partial charge in [-0.3, -0.25) is 9.59 Å². The Labute approximate surface area is 165 Å².